The molecule has 0 unspecified atom stereocenters. The molecule has 0 fully saturated rings. The number of nitrogens with zero attached hydrogens (tertiary/aromatic N) is 4. The van der Waals surface area contributed by atoms with Crippen molar-refractivity contribution in [1.29, 1.82) is 0 Å². The summed E-state index contributed by atoms with van der Waals surface area (Å²) in [6.07, 6.45) is 3.58. The third-order valence-electron chi connectivity index (χ3n) is 4.73. The van der Waals surface area contributed by atoms with Gasteiger partial charge in [-0.3, -0.25) is 9.47 Å². The van der Waals surface area contributed by atoms with Gasteiger partial charge >= 0.3 is 5.56 Å². The van der Waals surface area contributed by atoms with Crippen molar-refractivity contribution < 1.29 is 9.47 Å². The number of hydrogen-bond donors (Lipinski definition) is 1. The first-order valence-corrected chi connectivity index (χ1v) is 10.9. The Bertz CT molecular complexity index is 1270. The molecule has 0 aliphatic rings. The minimum atomic E-state index is -0.322. The fraction of sp³-hybridized carbons (Fsp3) is 0.174. The lowest BCUT2D eigenvalue weighted by molar-refractivity contribution is 0.355. The topological polar surface area (TPSA) is 83.2 Å². The second kappa shape index (κ2) is 9.61. The average molecular weight is 450 g/mol. The maximum absolute atomic E-state index is 13.3. The number of benzene rings is 2. The van der Waals surface area contributed by atoms with E-state index in [1.165, 1.54) is 22.0 Å². The summed E-state index contributed by atoms with van der Waals surface area (Å²) >= 11 is 1.45. The molecule has 2 heterocycles. The van der Waals surface area contributed by atoms with Crippen LogP contribution in [-0.2, 0) is 5.75 Å². The van der Waals surface area contributed by atoms with Crippen molar-refractivity contribution in [3.63, 3.8) is 0 Å². The van der Waals surface area contributed by atoms with Crippen LogP contribution in [-0.4, -0.2) is 33.8 Å². The number of thioether (sulfide) groups is 1. The number of ether oxygens (including phenoxy) is 2. The first-order valence-electron chi connectivity index (χ1n) is 9.90. The number of rotatable bonds is 8. The molecule has 0 bridgehead atoms. The standard InChI is InChI=1S/C23H23N5O3S/c1-16-7-6-8-17(13-16)15-32-23-26-25-21(22(29)28(23)27-11-4-5-12-27)24-18-9-10-19(30-2)20(14-18)31-3/h4-14H,15H2,1-3H3,(H,24,25). The molecule has 1 N–H and O–H groups in total. The largest absolute Gasteiger partial charge is 0.493 e. The van der Waals surface area contributed by atoms with Gasteiger partial charge in [-0.1, -0.05) is 41.6 Å². The fourth-order valence-electron chi connectivity index (χ4n) is 3.20. The van der Waals surface area contributed by atoms with Gasteiger partial charge in [-0.05, 0) is 36.8 Å². The fourth-order valence-corrected chi connectivity index (χ4v) is 4.07. The Morgan fingerprint density at radius 3 is 2.47 bits per heavy atom. The lowest BCUT2D eigenvalue weighted by atomic mass is 10.2. The molecule has 0 radical (unpaired) electrons. The molecule has 8 nitrogen and oxygen atoms in total. The average Bonchev–Trinajstić information content (AvgIpc) is 3.33. The predicted molar refractivity (Wildman–Crippen MR) is 125 cm³/mol. The highest BCUT2D eigenvalue weighted by molar-refractivity contribution is 7.98. The van der Waals surface area contributed by atoms with E-state index in [4.69, 9.17) is 9.47 Å². The summed E-state index contributed by atoms with van der Waals surface area (Å²) in [4.78, 5) is 13.3. The first kappa shape index (κ1) is 21.5. The molecule has 9 heteroatoms. The molecule has 0 aliphatic heterocycles. The van der Waals surface area contributed by atoms with Crippen LogP contribution in [0.4, 0.5) is 11.5 Å². The lowest BCUT2D eigenvalue weighted by Gasteiger charge is -2.14. The van der Waals surface area contributed by atoms with Crippen LogP contribution in [0.3, 0.4) is 0 Å². The number of aromatic nitrogens is 4. The molecule has 4 rings (SSSR count). The predicted octanol–water partition coefficient (Wildman–Crippen LogP) is 4.11. The van der Waals surface area contributed by atoms with E-state index < -0.39 is 0 Å². The molecule has 2 aromatic carbocycles. The van der Waals surface area contributed by atoms with Gasteiger partial charge in [0.2, 0.25) is 11.0 Å². The molecule has 0 aliphatic carbocycles. The Morgan fingerprint density at radius 1 is 0.969 bits per heavy atom. The highest BCUT2D eigenvalue weighted by Crippen LogP contribution is 2.30. The van der Waals surface area contributed by atoms with Crippen molar-refractivity contribution in [1.82, 2.24) is 19.5 Å². The van der Waals surface area contributed by atoms with Crippen molar-refractivity contribution in [2.45, 2.75) is 17.8 Å². The zero-order chi connectivity index (χ0) is 22.5. The molecule has 0 atom stereocenters. The minimum Gasteiger partial charge on any atom is -0.493 e. The molecule has 164 valence electrons. The van der Waals surface area contributed by atoms with Gasteiger partial charge in [-0.2, -0.15) is 4.68 Å². The van der Waals surface area contributed by atoms with Gasteiger partial charge in [0.1, 0.15) is 0 Å². The van der Waals surface area contributed by atoms with Crippen LogP contribution < -0.4 is 20.3 Å². The summed E-state index contributed by atoms with van der Waals surface area (Å²) in [5.41, 5.74) is 2.65. The normalized spacial score (nSPS) is 10.7. The molecule has 4 aromatic rings. The van der Waals surface area contributed by atoms with Crippen molar-refractivity contribution in [3.05, 3.63) is 88.5 Å². The number of anilines is 2. The number of aryl methyl sites for hydroxylation is 1. The molecule has 0 spiro atoms. The first-order chi connectivity index (χ1) is 15.6. The van der Waals surface area contributed by atoms with Crippen molar-refractivity contribution >= 4 is 23.3 Å². The van der Waals surface area contributed by atoms with Crippen LogP contribution in [0.2, 0.25) is 0 Å². The van der Waals surface area contributed by atoms with Crippen molar-refractivity contribution in [2.24, 2.45) is 0 Å². The third-order valence-corrected chi connectivity index (χ3v) is 5.72. The Hall–Kier alpha value is -3.72. The van der Waals surface area contributed by atoms with Crippen LogP contribution in [0.25, 0.3) is 0 Å². The Kier molecular flexibility index (Phi) is 6.46. The monoisotopic (exact) mass is 449 g/mol. The van der Waals surface area contributed by atoms with Crippen LogP contribution in [0, 0.1) is 6.92 Å². The minimum absolute atomic E-state index is 0.103. The molecule has 0 amide bonds. The van der Waals surface area contributed by atoms with E-state index in [0.29, 0.717) is 28.1 Å². The summed E-state index contributed by atoms with van der Waals surface area (Å²) < 4.78 is 13.8. The van der Waals surface area contributed by atoms with E-state index in [1.54, 1.807) is 49.5 Å². The van der Waals surface area contributed by atoms with Crippen molar-refractivity contribution in [3.8, 4) is 11.5 Å². The summed E-state index contributed by atoms with van der Waals surface area (Å²) in [6, 6.07) is 17.2. The molecule has 32 heavy (non-hydrogen) atoms. The SMILES string of the molecule is COc1ccc(Nc2nnc(SCc3cccc(C)c3)n(-n3cccc3)c2=O)cc1OC. The second-order valence-corrected chi connectivity index (χ2v) is 7.93. The van der Waals surface area contributed by atoms with Gasteiger partial charge in [0.05, 0.1) is 14.2 Å². The molecular weight excluding hydrogens is 426 g/mol. The van der Waals surface area contributed by atoms with Gasteiger partial charge in [0.25, 0.3) is 0 Å². The van der Waals surface area contributed by atoms with Crippen LogP contribution >= 0.6 is 11.8 Å². The van der Waals surface area contributed by atoms with E-state index in [0.717, 1.165) is 5.56 Å². The van der Waals surface area contributed by atoms with E-state index in [9.17, 15) is 4.79 Å². The Morgan fingerprint density at radius 2 is 1.75 bits per heavy atom. The maximum Gasteiger partial charge on any atom is 0.316 e. The quantitative estimate of drug-likeness (QED) is 0.405. The Balaban J connectivity index is 1.67. The second-order valence-electron chi connectivity index (χ2n) is 6.98. The highest BCUT2D eigenvalue weighted by atomic mass is 32.2. The summed E-state index contributed by atoms with van der Waals surface area (Å²) in [5.74, 6) is 1.91. The molecule has 0 saturated heterocycles. The zero-order valence-corrected chi connectivity index (χ0v) is 18.8. The van der Waals surface area contributed by atoms with Gasteiger partial charge in [-0.15, -0.1) is 10.2 Å². The molecule has 0 saturated carbocycles. The van der Waals surface area contributed by atoms with E-state index in [2.05, 4.69) is 40.6 Å². The van der Waals surface area contributed by atoms with Gasteiger partial charge in [-0.25, -0.2) is 0 Å². The van der Waals surface area contributed by atoms with Gasteiger partial charge in [0.15, 0.2) is 11.5 Å². The summed E-state index contributed by atoms with van der Waals surface area (Å²) in [5, 5.41) is 12.0. The third kappa shape index (κ3) is 4.62. The smallest absolute Gasteiger partial charge is 0.316 e. The Labute approximate surface area is 189 Å². The summed E-state index contributed by atoms with van der Waals surface area (Å²) in [6.45, 7) is 2.05. The lowest BCUT2D eigenvalue weighted by Crippen LogP contribution is -2.30. The van der Waals surface area contributed by atoms with E-state index in [1.807, 2.05) is 18.2 Å². The zero-order valence-electron chi connectivity index (χ0n) is 18.0. The molecule has 2 aromatic heterocycles. The van der Waals surface area contributed by atoms with E-state index in [-0.39, 0.29) is 11.4 Å². The molecular formula is C23H23N5O3S. The van der Waals surface area contributed by atoms with Gasteiger partial charge in [0, 0.05) is 29.9 Å². The van der Waals surface area contributed by atoms with Crippen LogP contribution in [0.1, 0.15) is 11.1 Å². The number of methoxy groups -OCH3 is 2. The van der Waals surface area contributed by atoms with Crippen LogP contribution in [0.15, 0.2) is 76.9 Å². The van der Waals surface area contributed by atoms with Crippen LogP contribution in [0.5, 0.6) is 11.5 Å². The highest BCUT2D eigenvalue weighted by Gasteiger charge is 2.15. The van der Waals surface area contributed by atoms with E-state index >= 15 is 0 Å². The summed E-state index contributed by atoms with van der Waals surface area (Å²) in [7, 11) is 3.13. The van der Waals surface area contributed by atoms with Gasteiger partial charge < -0.3 is 14.8 Å². The van der Waals surface area contributed by atoms with Crippen molar-refractivity contribution in [2.75, 3.05) is 19.5 Å². The maximum atomic E-state index is 13.3. The number of nitrogens with one attached hydrogen (secondary N) is 1. The number of hydrogen-bond acceptors (Lipinski definition) is 7.